The molecule has 0 amide bonds. The van der Waals surface area contributed by atoms with Crippen LogP contribution < -0.4 is 24.4 Å². The largest absolute Gasteiger partial charge is 0.511 e. The minimum Gasteiger partial charge on any atom is -0.452 e. The van der Waals surface area contributed by atoms with Crippen molar-refractivity contribution in [3.8, 4) is 34.3 Å². The lowest BCUT2D eigenvalue weighted by Gasteiger charge is -2.16. The van der Waals surface area contributed by atoms with E-state index in [0.717, 1.165) is 32.9 Å². The number of rotatable bonds is 5. The van der Waals surface area contributed by atoms with Gasteiger partial charge in [-0.1, -0.05) is 12.1 Å². The summed E-state index contributed by atoms with van der Waals surface area (Å²) in [6.07, 6.45) is -1.78. The van der Waals surface area contributed by atoms with Crippen LogP contribution in [-0.2, 0) is 14.4 Å². The van der Waals surface area contributed by atoms with Crippen molar-refractivity contribution in [1.82, 2.24) is 0 Å². The first-order chi connectivity index (χ1) is 15.6. The Morgan fingerprint density at radius 2 is 1.33 bits per heavy atom. The molecule has 3 aromatic rings. The van der Waals surface area contributed by atoms with Crippen LogP contribution in [0.3, 0.4) is 0 Å². The molecule has 170 valence electrons. The van der Waals surface area contributed by atoms with Gasteiger partial charge in [-0.2, -0.15) is 0 Å². The fourth-order valence-electron chi connectivity index (χ4n) is 2.91. The van der Waals surface area contributed by atoms with Crippen LogP contribution in [0.1, 0.15) is 20.8 Å². The number of ether oxygens (including phenoxy) is 4. The van der Waals surface area contributed by atoms with Crippen LogP contribution >= 0.6 is 0 Å². The van der Waals surface area contributed by atoms with Gasteiger partial charge in [-0.3, -0.25) is 19.2 Å². The molecule has 0 saturated heterocycles. The molecule has 0 atom stereocenters. The third-order valence-electron chi connectivity index (χ3n) is 3.98. The lowest BCUT2D eigenvalue weighted by Crippen LogP contribution is -2.14. The molecule has 0 spiro atoms. The first kappa shape index (κ1) is 23.0. The standard InChI is InChI=1S/C22H16O11/c1-10(23)29-16-8-13(9-17(30-11(2)24)20(16)31-12(3)25)19-21(33-22(27)28)18(26)14-6-4-5-7-15(14)32-19/h4-9H,1-3H3,(H,27,28). The van der Waals surface area contributed by atoms with E-state index in [1.807, 2.05) is 0 Å². The van der Waals surface area contributed by atoms with Gasteiger partial charge in [0.25, 0.3) is 0 Å². The molecule has 1 heterocycles. The number of carbonyl (C=O) groups excluding carboxylic acids is 3. The van der Waals surface area contributed by atoms with Crippen LogP contribution in [0, 0.1) is 0 Å². The van der Waals surface area contributed by atoms with E-state index in [4.69, 9.17) is 23.7 Å². The molecular formula is C22H16O11. The third-order valence-corrected chi connectivity index (χ3v) is 3.98. The van der Waals surface area contributed by atoms with Crippen molar-refractivity contribution in [2.45, 2.75) is 20.8 Å². The predicted molar refractivity (Wildman–Crippen MR) is 110 cm³/mol. The summed E-state index contributed by atoms with van der Waals surface area (Å²) in [6, 6.07) is 8.29. The fourth-order valence-corrected chi connectivity index (χ4v) is 2.91. The number of hydrogen-bond acceptors (Lipinski definition) is 10. The van der Waals surface area contributed by atoms with Crippen molar-refractivity contribution in [1.29, 1.82) is 0 Å². The Balaban J connectivity index is 2.38. The average molecular weight is 456 g/mol. The molecule has 2 aromatic carbocycles. The molecule has 0 aliphatic heterocycles. The molecule has 11 nitrogen and oxygen atoms in total. The summed E-state index contributed by atoms with van der Waals surface area (Å²) in [4.78, 5) is 59.0. The normalized spacial score (nSPS) is 10.4. The fraction of sp³-hybridized carbons (Fsp3) is 0.136. The average Bonchev–Trinajstić information content (AvgIpc) is 2.71. The molecule has 3 rings (SSSR count). The van der Waals surface area contributed by atoms with Gasteiger partial charge in [0.05, 0.1) is 5.39 Å². The number of carboxylic acid groups (broad SMARTS) is 1. The van der Waals surface area contributed by atoms with Gasteiger partial charge in [0.2, 0.25) is 16.9 Å². The highest BCUT2D eigenvalue weighted by Crippen LogP contribution is 2.44. The molecule has 33 heavy (non-hydrogen) atoms. The molecule has 0 saturated carbocycles. The van der Waals surface area contributed by atoms with E-state index in [0.29, 0.717) is 0 Å². The van der Waals surface area contributed by atoms with Gasteiger partial charge < -0.3 is 28.5 Å². The summed E-state index contributed by atoms with van der Waals surface area (Å²) < 4.78 is 25.6. The molecule has 0 fully saturated rings. The van der Waals surface area contributed by atoms with E-state index in [2.05, 4.69) is 4.74 Å². The summed E-state index contributed by atoms with van der Waals surface area (Å²) in [6.45, 7) is 3.22. The Kier molecular flexibility index (Phi) is 6.43. The second kappa shape index (κ2) is 9.22. The molecule has 11 heteroatoms. The number of benzene rings is 2. The maximum atomic E-state index is 12.9. The third kappa shape index (κ3) is 5.15. The molecule has 1 aromatic heterocycles. The van der Waals surface area contributed by atoms with Crippen molar-refractivity contribution in [3.63, 3.8) is 0 Å². The Morgan fingerprint density at radius 3 is 1.85 bits per heavy atom. The first-order valence-electron chi connectivity index (χ1n) is 9.27. The Morgan fingerprint density at radius 1 is 0.788 bits per heavy atom. The first-order valence-corrected chi connectivity index (χ1v) is 9.27. The highest BCUT2D eigenvalue weighted by molar-refractivity contribution is 5.86. The van der Waals surface area contributed by atoms with Gasteiger partial charge >= 0.3 is 24.1 Å². The van der Waals surface area contributed by atoms with Gasteiger partial charge in [-0.05, 0) is 24.3 Å². The second-order valence-corrected chi connectivity index (χ2v) is 6.54. The Labute approximate surface area is 185 Å². The molecule has 0 aliphatic rings. The lowest BCUT2D eigenvalue weighted by molar-refractivity contribution is -0.135. The van der Waals surface area contributed by atoms with Crippen LogP contribution in [0.4, 0.5) is 4.79 Å². The molecule has 0 unspecified atom stereocenters. The van der Waals surface area contributed by atoms with Crippen molar-refractivity contribution in [2.75, 3.05) is 0 Å². The molecular weight excluding hydrogens is 440 g/mol. The SMILES string of the molecule is CC(=O)Oc1cc(-c2oc3ccccc3c(=O)c2OC(=O)O)cc(OC(C)=O)c1OC(C)=O. The number of hydrogen-bond donors (Lipinski definition) is 1. The summed E-state index contributed by atoms with van der Waals surface area (Å²) in [5.41, 5.74) is -0.763. The van der Waals surface area contributed by atoms with Gasteiger partial charge in [0.15, 0.2) is 17.3 Å². The highest BCUT2D eigenvalue weighted by Gasteiger charge is 2.26. The van der Waals surface area contributed by atoms with E-state index in [1.54, 1.807) is 12.1 Å². The maximum Gasteiger partial charge on any atom is 0.511 e. The highest BCUT2D eigenvalue weighted by atomic mass is 16.7. The van der Waals surface area contributed by atoms with E-state index >= 15 is 0 Å². The summed E-state index contributed by atoms with van der Waals surface area (Å²) in [7, 11) is 0. The number of esters is 3. The van der Waals surface area contributed by atoms with Crippen LogP contribution in [0.2, 0.25) is 0 Å². The second-order valence-electron chi connectivity index (χ2n) is 6.54. The van der Waals surface area contributed by atoms with Gasteiger partial charge in [0.1, 0.15) is 5.58 Å². The Bertz CT molecular complexity index is 1310. The van der Waals surface area contributed by atoms with Crippen molar-refractivity contribution < 1.29 is 47.6 Å². The molecule has 1 N–H and O–H groups in total. The zero-order valence-corrected chi connectivity index (χ0v) is 17.5. The van der Waals surface area contributed by atoms with Crippen LogP contribution in [0.25, 0.3) is 22.3 Å². The summed E-state index contributed by atoms with van der Waals surface area (Å²) >= 11 is 0. The van der Waals surface area contributed by atoms with Crippen molar-refractivity contribution in [3.05, 3.63) is 46.6 Å². The van der Waals surface area contributed by atoms with E-state index in [1.165, 1.54) is 12.1 Å². The van der Waals surface area contributed by atoms with E-state index in [9.17, 15) is 24.0 Å². The van der Waals surface area contributed by atoms with Crippen LogP contribution in [0.5, 0.6) is 23.0 Å². The molecule has 0 bridgehead atoms. The molecule has 0 aliphatic carbocycles. The zero-order valence-electron chi connectivity index (χ0n) is 17.5. The summed E-state index contributed by atoms with van der Waals surface area (Å²) in [5.74, 6) is -4.57. The number of fused-ring (bicyclic) bond motifs is 1. The maximum absolute atomic E-state index is 12.9. The number of para-hydroxylation sites is 1. The van der Waals surface area contributed by atoms with Gasteiger partial charge in [0, 0.05) is 26.3 Å². The minimum absolute atomic E-state index is 0.0504. The topological polar surface area (TPSA) is 156 Å². The van der Waals surface area contributed by atoms with Crippen molar-refractivity contribution >= 4 is 35.0 Å². The van der Waals surface area contributed by atoms with E-state index < -0.39 is 35.2 Å². The minimum atomic E-state index is -1.78. The quantitative estimate of drug-likeness (QED) is 0.444. The van der Waals surface area contributed by atoms with Gasteiger partial charge in [-0.25, -0.2) is 4.79 Å². The van der Waals surface area contributed by atoms with Crippen molar-refractivity contribution in [2.24, 2.45) is 0 Å². The smallest absolute Gasteiger partial charge is 0.452 e. The van der Waals surface area contributed by atoms with Crippen LogP contribution in [0.15, 0.2) is 45.6 Å². The monoisotopic (exact) mass is 456 g/mol. The molecule has 0 radical (unpaired) electrons. The zero-order chi connectivity index (χ0) is 24.3. The lowest BCUT2D eigenvalue weighted by atomic mass is 10.1. The Hall–Kier alpha value is -4.67. The van der Waals surface area contributed by atoms with Crippen LogP contribution in [-0.4, -0.2) is 29.2 Å². The number of carbonyl (C=O) groups is 4. The predicted octanol–water partition coefficient (Wildman–Crippen LogP) is 3.29. The van der Waals surface area contributed by atoms with Gasteiger partial charge in [-0.15, -0.1) is 0 Å². The summed E-state index contributed by atoms with van der Waals surface area (Å²) in [5, 5.41) is 9.18. The van der Waals surface area contributed by atoms with E-state index in [-0.39, 0.29) is 39.5 Å².